The molecule has 0 amide bonds. The van der Waals surface area contributed by atoms with Gasteiger partial charge in [-0.2, -0.15) is 8.42 Å². The van der Waals surface area contributed by atoms with Crippen molar-refractivity contribution in [2.45, 2.75) is 0 Å². The number of hydrogen-bond acceptors (Lipinski definition) is 5. The van der Waals surface area contributed by atoms with E-state index in [4.69, 9.17) is 4.55 Å². The minimum Gasteiger partial charge on any atom is -0.429 e. The maximum Gasteiger partial charge on any atom is 0.298 e. The number of carbonyl (C=O) groups excluding carboxylic acids is 1. The Labute approximate surface area is 88.0 Å². The van der Waals surface area contributed by atoms with E-state index in [0.717, 1.165) is 0 Å². The molecule has 0 heterocycles. The van der Waals surface area contributed by atoms with Gasteiger partial charge in [0.05, 0.1) is 0 Å². The van der Waals surface area contributed by atoms with Gasteiger partial charge in [0.2, 0.25) is 0 Å². The zero-order valence-corrected chi connectivity index (χ0v) is 9.19. The van der Waals surface area contributed by atoms with Crippen LogP contribution >= 0.6 is 7.93 Å². The number of carbonyl (C=O) groups is 1. The van der Waals surface area contributed by atoms with Gasteiger partial charge in [-0.3, -0.25) is 9.35 Å². The Morgan fingerprint density at radius 2 is 1.93 bits per heavy atom. The lowest BCUT2D eigenvalue weighted by Gasteiger charge is -2.04. The van der Waals surface area contributed by atoms with Gasteiger partial charge in [-0.15, -0.1) is 0 Å². The molecule has 1 unspecified atom stereocenters. The van der Waals surface area contributed by atoms with Crippen LogP contribution in [0, 0.1) is 0 Å². The number of nitrogens with one attached hydrogen (secondary N) is 1. The van der Waals surface area contributed by atoms with Crippen molar-refractivity contribution in [1.29, 1.82) is 0 Å². The van der Waals surface area contributed by atoms with Gasteiger partial charge in [-0.05, 0) is 24.3 Å². The second kappa shape index (κ2) is 5.06. The summed E-state index contributed by atoms with van der Waals surface area (Å²) in [6.07, 6.45) is 0. The predicted molar refractivity (Wildman–Crippen MR) is 56.6 cm³/mol. The molecule has 1 aromatic carbocycles. The number of anilines is 1. The first kappa shape index (κ1) is 11.9. The van der Waals surface area contributed by atoms with Gasteiger partial charge in [0.25, 0.3) is 16.2 Å². The molecule has 0 bridgehead atoms. The van der Waals surface area contributed by atoms with Gasteiger partial charge in [0, 0.05) is 5.69 Å². The van der Waals surface area contributed by atoms with E-state index in [1.165, 1.54) is 24.3 Å². The first-order chi connectivity index (χ1) is 7.01. The maximum atomic E-state index is 10.4. The summed E-state index contributed by atoms with van der Waals surface area (Å²) >= 11 is 0. The van der Waals surface area contributed by atoms with E-state index in [1.807, 2.05) is 0 Å². The van der Waals surface area contributed by atoms with E-state index in [9.17, 15) is 13.2 Å². The summed E-state index contributed by atoms with van der Waals surface area (Å²) in [5.74, 6) is 0.353. The summed E-state index contributed by atoms with van der Waals surface area (Å²) in [6.45, 7) is 0.294. The number of hydrogen-bond donors (Lipinski definition) is 2. The zero-order chi connectivity index (χ0) is 11.3. The lowest BCUT2D eigenvalue weighted by atomic mass is 10.3. The third-order valence-electron chi connectivity index (χ3n) is 1.36. The summed E-state index contributed by atoms with van der Waals surface area (Å²) in [6, 6.07) is 6.03. The molecular weight excluding hydrogens is 241 g/mol. The highest BCUT2D eigenvalue weighted by molar-refractivity contribution is 8.40. The molecule has 6 nitrogen and oxygen atoms in total. The SMILES string of the molecule is O=COc1ccc(NPS(=O)(=O)O)cc1. The van der Waals surface area contributed by atoms with Crippen LogP contribution < -0.4 is 9.82 Å². The molecule has 1 aromatic rings. The van der Waals surface area contributed by atoms with E-state index in [2.05, 4.69) is 9.82 Å². The van der Waals surface area contributed by atoms with Gasteiger partial charge < -0.3 is 9.82 Å². The topological polar surface area (TPSA) is 92.7 Å². The Balaban J connectivity index is 2.60. The van der Waals surface area contributed by atoms with Crippen LogP contribution in [0.25, 0.3) is 0 Å². The second-order valence-electron chi connectivity index (χ2n) is 2.44. The fourth-order valence-corrected chi connectivity index (χ4v) is 1.95. The van der Waals surface area contributed by atoms with Crippen LogP contribution in [0.5, 0.6) is 5.75 Å². The van der Waals surface area contributed by atoms with E-state index >= 15 is 0 Å². The molecule has 0 aliphatic carbocycles. The Morgan fingerprint density at radius 3 is 2.40 bits per heavy atom. The first-order valence-corrected chi connectivity index (χ1v) is 6.88. The highest BCUT2D eigenvalue weighted by Gasteiger charge is 2.03. The van der Waals surface area contributed by atoms with Gasteiger partial charge in [0.15, 0.2) is 0 Å². The summed E-state index contributed by atoms with van der Waals surface area (Å²) in [5.41, 5.74) is 0.504. The number of rotatable bonds is 5. The lowest BCUT2D eigenvalue weighted by molar-refractivity contribution is -0.120. The summed E-state index contributed by atoms with van der Waals surface area (Å²) < 4.78 is 33.8. The minimum absolute atomic E-state index is 0.294. The summed E-state index contributed by atoms with van der Waals surface area (Å²) in [7, 11) is -4.83. The van der Waals surface area contributed by atoms with E-state index in [1.54, 1.807) is 0 Å². The molecule has 82 valence electrons. The Hall–Kier alpha value is -1.17. The summed E-state index contributed by atoms with van der Waals surface area (Å²) in [5, 5.41) is 2.50. The lowest BCUT2D eigenvalue weighted by Crippen LogP contribution is -1.93. The van der Waals surface area contributed by atoms with Crippen LogP contribution in [0.3, 0.4) is 0 Å². The first-order valence-electron chi connectivity index (χ1n) is 3.72. The molecule has 0 saturated heterocycles. The van der Waals surface area contributed by atoms with Crippen molar-refractivity contribution >= 4 is 29.8 Å². The molecule has 0 fully saturated rings. The van der Waals surface area contributed by atoms with Crippen molar-refractivity contribution in [2.75, 3.05) is 5.09 Å². The van der Waals surface area contributed by atoms with Gasteiger partial charge in [-0.25, -0.2) is 0 Å². The van der Waals surface area contributed by atoms with Crippen LogP contribution in [0.2, 0.25) is 0 Å². The van der Waals surface area contributed by atoms with Crippen LogP contribution in [-0.4, -0.2) is 19.4 Å². The highest BCUT2D eigenvalue weighted by atomic mass is 32.8. The highest BCUT2D eigenvalue weighted by Crippen LogP contribution is 2.23. The smallest absolute Gasteiger partial charge is 0.298 e. The molecular formula is C7H8NO5PS. The van der Waals surface area contributed by atoms with Gasteiger partial charge in [-0.1, -0.05) is 0 Å². The second-order valence-corrected chi connectivity index (χ2v) is 6.00. The van der Waals surface area contributed by atoms with Gasteiger partial charge in [0.1, 0.15) is 13.7 Å². The minimum atomic E-state index is -4.01. The molecule has 0 spiro atoms. The molecule has 1 rings (SSSR count). The van der Waals surface area contributed by atoms with Gasteiger partial charge >= 0.3 is 0 Å². The average molecular weight is 249 g/mol. The average Bonchev–Trinajstić information content (AvgIpc) is 2.16. The molecule has 8 heteroatoms. The van der Waals surface area contributed by atoms with Crippen LogP contribution in [0.4, 0.5) is 5.69 Å². The normalized spacial score (nSPS) is 11.5. The van der Waals surface area contributed by atoms with Crippen LogP contribution in [0.15, 0.2) is 24.3 Å². The largest absolute Gasteiger partial charge is 0.429 e. The van der Waals surface area contributed by atoms with Crippen molar-refractivity contribution in [3.8, 4) is 5.75 Å². The summed E-state index contributed by atoms with van der Waals surface area (Å²) in [4.78, 5) is 9.97. The molecule has 0 aliphatic heterocycles. The van der Waals surface area contributed by atoms with E-state index in [0.29, 0.717) is 17.9 Å². The molecule has 0 saturated carbocycles. The van der Waals surface area contributed by atoms with Crippen molar-refractivity contribution in [2.24, 2.45) is 0 Å². The van der Waals surface area contributed by atoms with Crippen molar-refractivity contribution in [1.82, 2.24) is 0 Å². The zero-order valence-electron chi connectivity index (χ0n) is 7.38. The quantitative estimate of drug-likeness (QED) is 0.460. The van der Waals surface area contributed by atoms with Crippen molar-refractivity contribution in [3.05, 3.63) is 24.3 Å². The Kier molecular flexibility index (Phi) is 4.02. The molecule has 15 heavy (non-hydrogen) atoms. The predicted octanol–water partition coefficient (Wildman–Crippen LogP) is 1.03. The molecule has 1 atom stereocenters. The third-order valence-corrected chi connectivity index (χ3v) is 3.09. The Bertz CT molecular complexity index is 429. The monoisotopic (exact) mass is 249 g/mol. The number of benzene rings is 1. The molecule has 0 aliphatic rings. The van der Waals surface area contributed by atoms with Crippen molar-refractivity contribution in [3.63, 3.8) is 0 Å². The fraction of sp³-hybridized carbons (Fsp3) is 0. The standard InChI is InChI=1S/C7H8NO5PS/c9-5-13-7-3-1-6(2-4-7)8-14-15(10,11)12/h1-5,8,14H,(H,10,11,12). The third kappa shape index (κ3) is 4.73. The fourth-order valence-electron chi connectivity index (χ4n) is 0.796. The van der Waals surface area contributed by atoms with Crippen LogP contribution in [0.1, 0.15) is 0 Å². The number of ether oxygens (including phenoxy) is 1. The van der Waals surface area contributed by atoms with Crippen LogP contribution in [-0.2, 0) is 14.5 Å². The molecule has 0 radical (unpaired) electrons. The maximum absolute atomic E-state index is 10.4. The Morgan fingerprint density at radius 1 is 1.33 bits per heavy atom. The molecule has 0 aromatic heterocycles. The molecule has 2 N–H and O–H groups in total. The van der Waals surface area contributed by atoms with E-state index < -0.39 is 17.7 Å². The van der Waals surface area contributed by atoms with Crippen molar-refractivity contribution < 1.29 is 22.5 Å². The van der Waals surface area contributed by atoms with E-state index in [-0.39, 0.29) is 0 Å².